The maximum atomic E-state index is 10.1. The molecular weight excluding hydrogens is 160 g/mol. The first-order valence-electron chi connectivity index (χ1n) is 5.74. The molecule has 0 aliphatic carbocycles. The van der Waals surface area contributed by atoms with Gasteiger partial charge in [0.1, 0.15) is 6.29 Å². The highest BCUT2D eigenvalue weighted by Gasteiger charge is 2.00. The summed E-state index contributed by atoms with van der Waals surface area (Å²) in [7, 11) is 0. The molecule has 0 aromatic heterocycles. The number of unbranched alkanes of at least 4 members (excludes halogenated alkanes) is 4. The maximum absolute atomic E-state index is 10.1. The average Bonchev–Trinajstić information content (AvgIpc) is 2.13. The molecule has 1 atom stereocenters. The highest BCUT2D eigenvalue weighted by molar-refractivity contribution is 5.48. The largest absolute Gasteiger partial charge is 0.303 e. The Labute approximate surface area is 82.9 Å². The summed E-state index contributed by atoms with van der Waals surface area (Å²) in [5, 5.41) is 0. The standard InChI is InChI=1S/C12H24O/c1-3-4-5-6-9-12(2)10-7-8-11-13/h11-12H,3-10H2,1-2H3. The molecule has 0 aromatic rings. The third-order valence-corrected chi connectivity index (χ3v) is 2.57. The molecule has 0 spiro atoms. The lowest BCUT2D eigenvalue weighted by Crippen LogP contribution is -1.95. The van der Waals surface area contributed by atoms with E-state index in [9.17, 15) is 4.79 Å². The van der Waals surface area contributed by atoms with E-state index in [4.69, 9.17) is 0 Å². The van der Waals surface area contributed by atoms with E-state index in [0.29, 0.717) is 0 Å². The second-order valence-electron chi connectivity index (χ2n) is 4.05. The Morgan fingerprint density at radius 3 is 2.38 bits per heavy atom. The summed E-state index contributed by atoms with van der Waals surface area (Å²) in [6, 6.07) is 0. The number of hydrogen-bond acceptors (Lipinski definition) is 1. The summed E-state index contributed by atoms with van der Waals surface area (Å²) < 4.78 is 0. The Balaban J connectivity index is 3.09. The van der Waals surface area contributed by atoms with E-state index in [1.54, 1.807) is 0 Å². The zero-order valence-corrected chi connectivity index (χ0v) is 9.22. The second kappa shape index (κ2) is 9.76. The van der Waals surface area contributed by atoms with Crippen LogP contribution in [0.5, 0.6) is 0 Å². The summed E-state index contributed by atoms with van der Waals surface area (Å²) >= 11 is 0. The molecule has 0 bridgehead atoms. The first kappa shape index (κ1) is 12.7. The fourth-order valence-electron chi connectivity index (χ4n) is 1.61. The Hall–Kier alpha value is -0.330. The van der Waals surface area contributed by atoms with Crippen molar-refractivity contribution in [2.75, 3.05) is 0 Å². The predicted octanol–water partition coefficient (Wildman–Crippen LogP) is 3.96. The molecule has 0 heterocycles. The van der Waals surface area contributed by atoms with Crippen molar-refractivity contribution in [2.24, 2.45) is 5.92 Å². The number of carbonyl (C=O) groups excluding carboxylic acids is 1. The highest BCUT2D eigenvalue weighted by atomic mass is 16.1. The first-order chi connectivity index (χ1) is 6.31. The van der Waals surface area contributed by atoms with Crippen molar-refractivity contribution in [1.29, 1.82) is 0 Å². The van der Waals surface area contributed by atoms with Crippen LogP contribution in [0.4, 0.5) is 0 Å². The fourth-order valence-corrected chi connectivity index (χ4v) is 1.61. The van der Waals surface area contributed by atoms with Gasteiger partial charge in [0.05, 0.1) is 0 Å². The molecule has 1 nitrogen and oxygen atoms in total. The van der Waals surface area contributed by atoms with Gasteiger partial charge in [-0.3, -0.25) is 0 Å². The molecule has 0 saturated heterocycles. The highest BCUT2D eigenvalue weighted by Crippen LogP contribution is 2.15. The van der Waals surface area contributed by atoms with Gasteiger partial charge in [-0.2, -0.15) is 0 Å². The molecule has 0 N–H and O–H groups in total. The zero-order chi connectivity index (χ0) is 9.94. The Bertz CT molecular complexity index is 110. The summed E-state index contributed by atoms with van der Waals surface area (Å²) in [4.78, 5) is 10.1. The smallest absolute Gasteiger partial charge is 0.119 e. The van der Waals surface area contributed by atoms with Gasteiger partial charge in [0.2, 0.25) is 0 Å². The topological polar surface area (TPSA) is 17.1 Å². The molecule has 1 heteroatoms. The molecule has 0 saturated carbocycles. The van der Waals surface area contributed by atoms with Crippen LogP contribution in [0.2, 0.25) is 0 Å². The first-order valence-corrected chi connectivity index (χ1v) is 5.74. The van der Waals surface area contributed by atoms with Gasteiger partial charge in [-0.1, -0.05) is 52.4 Å². The predicted molar refractivity (Wildman–Crippen MR) is 57.8 cm³/mol. The van der Waals surface area contributed by atoms with E-state index >= 15 is 0 Å². The third kappa shape index (κ3) is 9.59. The van der Waals surface area contributed by atoms with Crippen molar-refractivity contribution in [3.05, 3.63) is 0 Å². The lowest BCUT2D eigenvalue weighted by molar-refractivity contribution is -0.107. The van der Waals surface area contributed by atoms with Crippen LogP contribution in [0.25, 0.3) is 0 Å². The molecule has 0 radical (unpaired) electrons. The molecule has 0 amide bonds. The Kier molecular flexibility index (Phi) is 9.51. The minimum atomic E-state index is 0.749. The fraction of sp³-hybridized carbons (Fsp3) is 0.917. The van der Waals surface area contributed by atoms with Crippen LogP contribution in [0, 0.1) is 5.92 Å². The molecule has 0 rings (SSSR count). The van der Waals surface area contributed by atoms with E-state index in [-0.39, 0.29) is 0 Å². The van der Waals surface area contributed by atoms with E-state index < -0.39 is 0 Å². The molecule has 0 aliphatic heterocycles. The van der Waals surface area contributed by atoms with Crippen LogP contribution in [0.15, 0.2) is 0 Å². The van der Waals surface area contributed by atoms with Crippen molar-refractivity contribution in [1.82, 2.24) is 0 Å². The van der Waals surface area contributed by atoms with E-state index in [1.807, 2.05) is 0 Å². The number of aldehydes is 1. The van der Waals surface area contributed by atoms with Gasteiger partial charge in [0, 0.05) is 6.42 Å². The Morgan fingerprint density at radius 2 is 1.77 bits per heavy atom. The second-order valence-corrected chi connectivity index (χ2v) is 4.05. The maximum Gasteiger partial charge on any atom is 0.119 e. The van der Waals surface area contributed by atoms with Crippen molar-refractivity contribution in [3.8, 4) is 0 Å². The average molecular weight is 184 g/mol. The Morgan fingerprint density at radius 1 is 1.08 bits per heavy atom. The van der Waals surface area contributed by atoms with Gasteiger partial charge >= 0.3 is 0 Å². The molecule has 1 unspecified atom stereocenters. The van der Waals surface area contributed by atoms with Crippen molar-refractivity contribution in [2.45, 2.75) is 65.2 Å². The number of rotatable bonds is 9. The van der Waals surface area contributed by atoms with E-state index in [2.05, 4.69) is 13.8 Å². The third-order valence-electron chi connectivity index (χ3n) is 2.57. The van der Waals surface area contributed by atoms with Crippen LogP contribution in [-0.4, -0.2) is 6.29 Å². The van der Waals surface area contributed by atoms with Gasteiger partial charge in [-0.05, 0) is 12.3 Å². The molecule has 13 heavy (non-hydrogen) atoms. The lowest BCUT2D eigenvalue weighted by atomic mass is 9.97. The number of carbonyl (C=O) groups is 1. The van der Waals surface area contributed by atoms with Crippen LogP contribution in [0.3, 0.4) is 0 Å². The van der Waals surface area contributed by atoms with Gasteiger partial charge in [0.25, 0.3) is 0 Å². The summed E-state index contributed by atoms with van der Waals surface area (Å²) in [6.07, 6.45) is 10.9. The summed E-state index contributed by atoms with van der Waals surface area (Å²) in [6.45, 7) is 4.55. The summed E-state index contributed by atoms with van der Waals surface area (Å²) in [5.74, 6) is 0.816. The van der Waals surface area contributed by atoms with Crippen LogP contribution >= 0.6 is 0 Å². The van der Waals surface area contributed by atoms with E-state index in [0.717, 1.165) is 25.0 Å². The number of hydrogen-bond donors (Lipinski definition) is 0. The van der Waals surface area contributed by atoms with Gasteiger partial charge in [-0.25, -0.2) is 0 Å². The lowest BCUT2D eigenvalue weighted by Gasteiger charge is -2.09. The van der Waals surface area contributed by atoms with Gasteiger partial charge in [-0.15, -0.1) is 0 Å². The van der Waals surface area contributed by atoms with Gasteiger partial charge < -0.3 is 4.79 Å². The zero-order valence-electron chi connectivity index (χ0n) is 9.22. The molecule has 0 aromatic carbocycles. The normalized spacial score (nSPS) is 12.8. The van der Waals surface area contributed by atoms with Crippen molar-refractivity contribution < 1.29 is 4.79 Å². The molecule has 0 fully saturated rings. The molecule has 78 valence electrons. The van der Waals surface area contributed by atoms with Crippen LogP contribution in [0.1, 0.15) is 65.2 Å². The monoisotopic (exact) mass is 184 g/mol. The SMILES string of the molecule is CCCCCCC(C)CCCC=O. The molecule has 0 aliphatic rings. The van der Waals surface area contributed by atoms with Crippen molar-refractivity contribution in [3.63, 3.8) is 0 Å². The molecular formula is C12H24O. The van der Waals surface area contributed by atoms with Gasteiger partial charge in [0.15, 0.2) is 0 Å². The van der Waals surface area contributed by atoms with Crippen molar-refractivity contribution >= 4 is 6.29 Å². The summed E-state index contributed by atoms with van der Waals surface area (Å²) in [5.41, 5.74) is 0. The van der Waals surface area contributed by atoms with Crippen LogP contribution < -0.4 is 0 Å². The minimum absolute atomic E-state index is 0.749. The minimum Gasteiger partial charge on any atom is -0.303 e. The van der Waals surface area contributed by atoms with E-state index in [1.165, 1.54) is 38.5 Å². The quantitative estimate of drug-likeness (QED) is 0.391. The van der Waals surface area contributed by atoms with Crippen LogP contribution in [-0.2, 0) is 4.79 Å².